The van der Waals surface area contributed by atoms with Crippen LogP contribution >= 0.6 is 0 Å². The van der Waals surface area contributed by atoms with Crippen LogP contribution in [0.25, 0.3) is 0 Å². The normalized spacial score (nSPS) is 13.9. The number of benzene rings is 1. The molecular formula is C16H19F2NO3. The highest BCUT2D eigenvalue weighted by atomic mass is 19.1. The molecule has 0 spiro atoms. The van der Waals surface area contributed by atoms with Crippen molar-refractivity contribution < 1.29 is 23.4 Å². The minimum atomic E-state index is -1.57. The van der Waals surface area contributed by atoms with Crippen molar-refractivity contribution >= 4 is 6.09 Å². The molecule has 120 valence electrons. The van der Waals surface area contributed by atoms with E-state index in [-0.39, 0.29) is 12.0 Å². The monoisotopic (exact) mass is 311 g/mol. The van der Waals surface area contributed by atoms with E-state index in [4.69, 9.17) is 11.2 Å². The minimum absolute atomic E-state index is 0.144. The standard InChI is InChI=1S/C16H19F2NO3/c1-5-6-13(22-15(21)19-16(2,3)4)14(20)11-9-10(17)7-8-12(11)18/h1,7-9,13-14,20H,6H2,2-4H3,(H,19,21)/t13-,14+/m1/s1. The van der Waals surface area contributed by atoms with E-state index in [0.717, 1.165) is 18.2 Å². The van der Waals surface area contributed by atoms with E-state index in [2.05, 4.69) is 11.2 Å². The number of halogens is 2. The van der Waals surface area contributed by atoms with Crippen LogP contribution in [0.5, 0.6) is 0 Å². The van der Waals surface area contributed by atoms with Crippen molar-refractivity contribution in [1.82, 2.24) is 5.32 Å². The van der Waals surface area contributed by atoms with E-state index in [1.54, 1.807) is 20.8 Å². The molecule has 0 bridgehead atoms. The lowest BCUT2D eigenvalue weighted by molar-refractivity contribution is 0.000416. The quantitative estimate of drug-likeness (QED) is 0.841. The summed E-state index contributed by atoms with van der Waals surface area (Å²) in [4.78, 5) is 11.8. The van der Waals surface area contributed by atoms with Crippen molar-refractivity contribution in [2.75, 3.05) is 0 Å². The van der Waals surface area contributed by atoms with Gasteiger partial charge in [0.1, 0.15) is 23.8 Å². The minimum Gasteiger partial charge on any atom is -0.442 e. The van der Waals surface area contributed by atoms with Crippen molar-refractivity contribution in [3.05, 3.63) is 35.4 Å². The molecule has 0 heterocycles. The van der Waals surface area contributed by atoms with E-state index >= 15 is 0 Å². The molecule has 6 heteroatoms. The van der Waals surface area contributed by atoms with Crippen molar-refractivity contribution in [3.63, 3.8) is 0 Å². The van der Waals surface area contributed by atoms with Gasteiger partial charge in [-0.2, -0.15) is 0 Å². The fourth-order valence-electron chi connectivity index (χ4n) is 1.75. The van der Waals surface area contributed by atoms with Crippen molar-refractivity contribution in [1.29, 1.82) is 0 Å². The Bertz CT molecular complexity index is 576. The maximum absolute atomic E-state index is 13.7. The second-order valence-electron chi connectivity index (χ2n) is 5.84. The molecule has 0 radical (unpaired) electrons. The van der Waals surface area contributed by atoms with E-state index in [1.165, 1.54) is 0 Å². The second kappa shape index (κ2) is 7.23. The zero-order valence-corrected chi connectivity index (χ0v) is 12.7. The third kappa shape index (κ3) is 5.34. The Morgan fingerprint density at radius 3 is 2.64 bits per heavy atom. The third-order valence-electron chi connectivity index (χ3n) is 2.68. The number of hydrogen-bond donors (Lipinski definition) is 2. The van der Waals surface area contributed by atoms with Crippen LogP contribution in [0.2, 0.25) is 0 Å². The molecule has 0 saturated carbocycles. The summed E-state index contributed by atoms with van der Waals surface area (Å²) in [7, 11) is 0. The molecule has 22 heavy (non-hydrogen) atoms. The SMILES string of the molecule is C#CC[C@@H](OC(=O)NC(C)(C)C)[C@@H](O)c1cc(F)ccc1F. The number of carbonyl (C=O) groups excluding carboxylic acids is 1. The number of ether oxygens (including phenoxy) is 1. The second-order valence-corrected chi connectivity index (χ2v) is 5.84. The molecule has 0 aromatic heterocycles. The first kappa shape index (κ1) is 17.9. The Hall–Kier alpha value is -2.13. The first-order chi connectivity index (χ1) is 10.1. The number of alkyl carbamates (subject to hydrolysis) is 1. The van der Waals surface area contributed by atoms with E-state index in [9.17, 15) is 18.7 Å². The Balaban J connectivity index is 2.93. The predicted octanol–water partition coefficient (Wildman–Crippen LogP) is 2.91. The van der Waals surface area contributed by atoms with Gasteiger partial charge in [-0.25, -0.2) is 13.6 Å². The summed E-state index contributed by atoms with van der Waals surface area (Å²) in [6.45, 7) is 5.23. The smallest absolute Gasteiger partial charge is 0.407 e. The molecular weight excluding hydrogens is 292 g/mol. The number of hydrogen-bond acceptors (Lipinski definition) is 3. The number of rotatable bonds is 4. The zero-order chi connectivity index (χ0) is 16.9. The number of nitrogens with one attached hydrogen (secondary N) is 1. The molecule has 2 atom stereocenters. The lowest BCUT2D eigenvalue weighted by Gasteiger charge is -2.25. The van der Waals surface area contributed by atoms with Gasteiger partial charge in [-0.05, 0) is 39.0 Å². The van der Waals surface area contributed by atoms with Gasteiger partial charge in [0, 0.05) is 17.5 Å². The summed E-state index contributed by atoms with van der Waals surface area (Å²) in [6, 6.07) is 2.65. The zero-order valence-electron chi connectivity index (χ0n) is 12.7. The van der Waals surface area contributed by atoms with E-state index in [1.807, 2.05) is 0 Å². The summed E-state index contributed by atoms with van der Waals surface area (Å²) in [6.07, 6.45) is 1.47. The topological polar surface area (TPSA) is 58.6 Å². The van der Waals surface area contributed by atoms with Gasteiger partial charge in [-0.15, -0.1) is 12.3 Å². The van der Waals surface area contributed by atoms with Gasteiger partial charge in [0.2, 0.25) is 0 Å². The number of amides is 1. The molecule has 0 saturated heterocycles. The Morgan fingerprint density at radius 2 is 2.09 bits per heavy atom. The van der Waals surface area contributed by atoms with Gasteiger partial charge >= 0.3 is 6.09 Å². The highest BCUT2D eigenvalue weighted by Gasteiger charge is 2.28. The molecule has 1 rings (SSSR count). The van der Waals surface area contributed by atoms with Crippen LogP contribution < -0.4 is 5.32 Å². The third-order valence-corrected chi connectivity index (χ3v) is 2.68. The lowest BCUT2D eigenvalue weighted by Crippen LogP contribution is -2.43. The maximum atomic E-state index is 13.7. The Morgan fingerprint density at radius 1 is 1.45 bits per heavy atom. The van der Waals surface area contributed by atoms with Crippen molar-refractivity contribution in [2.45, 2.75) is 44.9 Å². The number of aliphatic hydroxyl groups is 1. The fourth-order valence-corrected chi connectivity index (χ4v) is 1.75. The van der Waals surface area contributed by atoms with Gasteiger partial charge in [0.05, 0.1) is 0 Å². The van der Waals surface area contributed by atoms with Gasteiger partial charge in [0.15, 0.2) is 0 Å². The average molecular weight is 311 g/mol. The van der Waals surface area contributed by atoms with E-state index < -0.39 is 35.5 Å². The highest BCUT2D eigenvalue weighted by Crippen LogP contribution is 2.25. The lowest BCUT2D eigenvalue weighted by atomic mass is 10.0. The van der Waals surface area contributed by atoms with Crippen LogP contribution in [0.15, 0.2) is 18.2 Å². The predicted molar refractivity (Wildman–Crippen MR) is 77.9 cm³/mol. The molecule has 0 aliphatic heterocycles. The van der Waals surface area contributed by atoms with Crippen LogP contribution in [0.3, 0.4) is 0 Å². The first-order valence-electron chi connectivity index (χ1n) is 6.69. The largest absolute Gasteiger partial charge is 0.442 e. The molecule has 2 N–H and O–H groups in total. The number of carbonyl (C=O) groups is 1. The molecule has 0 unspecified atom stereocenters. The summed E-state index contributed by atoms with van der Waals surface area (Å²) < 4.78 is 31.9. The van der Waals surface area contributed by atoms with Crippen LogP contribution in [0.4, 0.5) is 13.6 Å². The van der Waals surface area contributed by atoms with E-state index in [0.29, 0.717) is 0 Å². The Labute approximate surface area is 128 Å². The van der Waals surface area contributed by atoms with Gasteiger partial charge in [-0.1, -0.05) is 0 Å². The Kier molecular flexibility index (Phi) is 5.89. The highest BCUT2D eigenvalue weighted by molar-refractivity contribution is 5.68. The molecule has 0 aliphatic rings. The average Bonchev–Trinajstić information content (AvgIpc) is 2.38. The number of aliphatic hydroxyl groups excluding tert-OH is 1. The summed E-state index contributed by atoms with van der Waals surface area (Å²) in [5.41, 5.74) is -0.865. The number of terminal acetylenes is 1. The van der Waals surface area contributed by atoms with Crippen molar-refractivity contribution in [3.8, 4) is 12.3 Å². The summed E-state index contributed by atoms with van der Waals surface area (Å²) in [5.74, 6) is 0.716. The molecule has 0 aliphatic carbocycles. The van der Waals surface area contributed by atoms with Crippen LogP contribution in [-0.2, 0) is 4.74 Å². The van der Waals surface area contributed by atoms with Crippen LogP contribution in [0, 0.1) is 24.0 Å². The van der Waals surface area contributed by atoms with Crippen molar-refractivity contribution in [2.24, 2.45) is 0 Å². The summed E-state index contributed by atoms with van der Waals surface area (Å²) in [5, 5.41) is 12.7. The van der Waals surface area contributed by atoms with Gasteiger partial charge in [-0.3, -0.25) is 0 Å². The van der Waals surface area contributed by atoms with Gasteiger partial charge in [0.25, 0.3) is 0 Å². The maximum Gasteiger partial charge on any atom is 0.407 e. The van der Waals surface area contributed by atoms with Crippen LogP contribution in [0.1, 0.15) is 38.9 Å². The summed E-state index contributed by atoms with van der Waals surface area (Å²) >= 11 is 0. The molecule has 4 nitrogen and oxygen atoms in total. The molecule has 0 fully saturated rings. The molecule has 1 aromatic carbocycles. The van der Waals surface area contributed by atoms with Gasteiger partial charge < -0.3 is 15.2 Å². The first-order valence-corrected chi connectivity index (χ1v) is 6.69. The van der Waals surface area contributed by atoms with Crippen LogP contribution in [-0.4, -0.2) is 22.8 Å². The molecule has 1 amide bonds. The molecule has 1 aromatic rings. The fraction of sp³-hybridized carbons (Fsp3) is 0.438.